The lowest BCUT2D eigenvalue weighted by atomic mass is 10.1. The topological polar surface area (TPSA) is 278 Å². The van der Waals surface area contributed by atoms with Crippen LogP contribution in [0.1, 0.15) is 23.6 Å². The number of aliphatic hydroxyl groups is 4. The van der Waals surface area contributed by atoms with Crippen molar-refractivity contribution in [1.29, 1.82) is 0 Å². The van der Waals surface area contributed by atoms with Crippen molar-refractivity contribution in [2.24, 2.45) is 0 Å². The smallest absolute Gasteiger partial charge is 0.478 e. The van der Waals surface area contributed by atoms with Gasteiger partial charge in [0.25, 0.3) is 14.1 Å². The van der Waals surface area contributed by atoms with Crippen molar-refractivity contribution in [1.82, 2.24) is 19.5 Å². The highest BCUT2D eigenvalue weighted by molar-refractivity contribution is 7.60. The van der Waals surface area contributed by atoms with Gasteiger partial charge in [0, 0.05) is 11.6 Å². The van der Waals surface area contributed by atoms with Gasteiger partial charge < -0.3 is 49.9 Å². The number of fused-ring (bicyclic) bond motifs is 1. The molecule has 0 amide bonds. The van der Waals surface area contributed by atoms with E-state index in [4.69, 9.17) is 19.7 Å². The second-order valence-corrected chi connectivity index (χ2v) is 13.0. The van der Waals surface area contributed by atoms with Crippen LogP contribution in [-0.4, -0.2) is 94.7 Å². The maximum Gasteiger partial charge on any atom is 0.478 e. The number of nitrogen functional groups attached to an aromatic ring is 1. The Kier molecular flexibility index (Phi) is 9.01. The van der Waals surface area contributed by atoms with Gasteiger partial charge in [-0.15, -0.1) is 0 Å². The SMILES string of the molecule is Cc1cc[n+]([C@@H]2O[C@H](COP(=O)([O-])OP(=O)(O)OC[C@H]3O[C@@H](n4cnc5c(N)ncnc54)[C@H](O)[C@@H]3O)[C@@H](O)[C@H]2O)cc1C. The molecule has 2 fully saturated rings. The first-order valence-electron chi connectivity index (χ1n) is 12.8. The highest BCUT2D eigenvalue weighted by Gasteiger charge is 2.49. The van der Waals surface area contributed by atoms with Crippen LogP contribution in [0.4, 0.5) is 5.82 Å². The number of nitrogens with two attached hydrogens (primary N) is 1. The second kappa shape index (κ2) is 12.1. The molecule has 43 heavy (non-hydrogen) atoms. The van der Waals surface area contributed by atoms with Crippen molar-refractivity contribution < 1.29 is 66.7 Å². The number of ether oxygens (including phenoxy) is 2. The minimum Gasteiger partial charge on any atom is -0.756 e. The van der Waals surface area contributed by atoms with E-state index >= 15 is 0 Å². The normalized spacial score (nSPS) is 32.2. The Morgan fingerprint density at radius 3 is 2.40 bits per heavy atom. The molecule has 2 saturated heterocycles. The van der Waals surface area contributed by atoms with E-state index in [9.17, 15) is 39.3 Å². The highest BCUT2D eigenvalue weighted by atomic mass is 31.3. The van der Waals surface area contributed by atoms with E-state index in [1.54, 1.807) is 18.5 Å². The maximum atomic E-state index is 12.4. The summed E-state index contributed by atoms with van der Waals surface area (Å²) in [5, 5.41) is 41.7. The first-order valence-corrected chi connectivity index (χ1v) is 15.7. The summed E-state index contributed by atoms with van der Waals surface area (Å²) in [6.45, 7) is 1.95. The highest BCUT2D eigenvalue weighted by Crippen LogP contribution is 2.58. The Balaban J connectivity index is 1.16. The predicted molar refractivity (Wildman–Crippen MR) is 138 cm³/mol. The standard InChI is InChI=1S/C22H30N6O13P2/c1-10-3-4-27(5-11(10)2)21-17(31)15(29)12(39-21)6-37-42(33,34)41-43(35,36)38-7-13-16(30)18(32)22(40-13)28-9-26-14-19(23)24-8-25-20(14)28/h3-5,8-9,12-13,15-18,21-22,29-32H,6-7H2,1-2H3,(H3-,23,24,25,33,34,35,36)/t12-,13-,15-,16-,17-,18-,21-,22-/m1/s1. The molecule has 5 heterocycles. The molecule has 10 atom stereocenters. The summed E-state index contributed by atoms with van der Waals surface area (Å²) in [5.41, 5.74) is 7.98. The average molecular weight is 648 g/mol. The third kappa shape index (κ3) is 6.64. The number of pyridine rings is 1. The fourth-order valence-corrected chi connectivity index (χ4v) is 6.68. The van der Waals surface area contributed by atoms with Crippen LogP contribution in [0.3, 0.4) is 0 Å². The van der Waals surface area contributed by atoms with Gasteiger partial charge in [-0.25, -0.2) is 23.8 Å². The summed E-state index contributed by atoms with van der Waals surface area (Å²) in [4.78, 5) is 34.2. The van der Waals surface area contributed by atoms with Crippen LogP contribution < -0.4 is 15.2 Å². The lowest BCUT2D eigenvalue weighted by molar-refractivity contribution is -0.766. The van der Waals surface area contributed by atoms with Gasteiger partial charge >= 0.3 is 7.82 Å². The van der Waals surface area contributed by atoms with Crippen molar-refractivity contribution in [3.05, 3.63) is 42.2 Å². The molecule has 236 valence electrons. The second-order valence-electron chi connectivity index (χ2n) is 10.0. The van der Waals surface area contributed by atoms with Gasteiger partial charge in [-0.2, -0.15) is 4.57 Å². The number of aromatic nitrogens is 5. The molecule has 7 N–H and O–H groups in total. The minimum atomic E-state index is -5.55. The summed E-state index contributed by atoms with van der Waals surface area (Å²) >= 11 is 0. The van der Waals surface area contributed by atoms with Crippen molar-refractivity contribution in [3.63, 3.8) is 0 Å². The molecular weight excluding hydrogens is 618 g/mol. The number of hydrogen-bond donors (Lipinski definition) is 6. The van der Waals surface area contributed by atoms with Gasteiger partial charge in [-0.1, -0.05) is 0 Å². The Hall–Kier alpha value is -2.48. The van der Waals surface area contributed by atoms with E-state index in [-0.39, 0.29) is 17.0 Å². The Morgan fingerprint density at radius 1 is 1.00 bits per heavy atom. The number of aryl methyl sites for hydroxylation is 2. The van der Waals surface area contributed by atoms with Crippen LogP contribution in [0.5, 0.6) is 0 Å². The van der Waals surface area contributed by atoms with E-state index in [2.05, 4.69) is 23.8 Å². The minimum absolute atomic E-state index is 0.0598. The number of rotatable bonds is 10. The van der Waals surface area contributed by atoms with Gasteiger partial charge in [-0.3, -0.25) is 13.7 Å². The van der Waals surface area contributed by atoms with Gasteiger partial charge in [0.15, 0.2) is 36.2 Å². The van der Waals surface area contributed by atoms with Crippen molar-refractivity contribution in [2.75, 3.05) is 18.9 Å². The van der Waals surface area contributed by atoms with Crippen molar-refractivity contribution in [3.8, 4) is 0 Å². The van der Waals surface area contributed by atoms with Crippen LogP contribution in [0.15, 0.2) is 31.1 Å². The van der Waals surface area contributed by atoms with E-state index in [0.29, 0.717) is 0 Å². The number of imidazole rings is 1. The van der Waals surface area contributed by atoms with E-state index in [1.807, 2.05) is 13.8 Å². The molecule has 5 rings (SSSR count). The molecule has 3 aromatic heterocycles. The molecule has 19 nitrogen and oxygen atoms in total. The first kappa shape index (κ1) is 31.9. The van der Waals surface area contributed by atoms with Crippen LogP contribution in [0.2, 0.25) is 0 Å². The van der Waals surface area contributed by atoms with Crippen LogP contribution in [0, 0.1) is 13.8 Å². The van der Waals surface area contributed by atoms with Crippen LogP contribution in [0.25, 0.3) is 11.2 Å². The number of phosphoric ester groups is 2. The summed E-state index contributed by atoms with van der Waals surface area (Å²) in [5.74, 6) is 0.0598. The molecule has 0 bridgehead atoms. The third-order valence-corrected chi connectivity index (χ3v) is 9.66. The number of nitrogens with zero attached hydrogens (tertiary/aromatic N) is 5. The van der Waals surface area contributed by atoms with Crippen LogP contribution >= 0.6 is 15.6 Å². The largest absolute Gasteiger partial charge is 0.756 e. The first-order chi connectivity index (χ1) is 20.2. The monoisotopic (exact) mass is 648 g/mol. The number of anilines is 1. The van der Waals surface area contributed by atoms with E-state index < -0.39 is 77.9 Å². The predicted octanol–water partition coefficient (Wildman–Crippen LogP) is -2.13. The molecular formula is C22H30N6O13P2. The molecule has 0 radical (unpaired) electrons. The van der Waals surface area contributed by atoms with Crippen LogP contribution in [-0.2, 0) is 32.0 Å². The third-order valence-electron chi connectivity index (χ3n) is 7.09. The molecule has 2 unspecified atom stereocenters. The lowest BCUT2D eigenvalue weighted by Gasteiger charge is -2.26. The lowest BCUT2D eigenvalue weighted by Crippen LogP contribution is -2.46. The Morgan fingerprint density at radius 2 is 1.67 bits per heavy atom. The van der Waals surface area contributed by atoms with Gasteiger partial charge in [-0.05, 0) is 19.4 Å². The quantitative estimate of drug-likeness (QED) is 0.101. The average Bonchev–Trinajstić information content (AvgIpc) is 3.58. The molecule has 0 spiro atoms. The molecule has 0 aliphatic carbocycles. The fraction of sp³-hybridized carbons (Fsp3) is 0.545. The molecule has 0 saturated carbocycles. The molecule has 2 aliphatic rings. The van der Waals surface area contributed by atoms with Crippen molar-refractivity contribution in [2.45, 2.75) is 62.9 Å². The zero-order valence-electron chi connectivity index (χ0n) is 22.6. The summed E-state index contributed by atoms with van der Waals surface area (Å²) in [7, 11) is -10.9. The number of phosphoric acid groups is 2. The fourth-order valence-electron chi connectivity index (χ4n) is 4.63. The van der Waals surface area contributed by atoms with Gasteiger partial charge in [0.05, 0.1) is 19.5 Å². The Bertz CT molecular complexity index is 1580. The molecule has 21 heteroatoms. The summed E-state index contributed by atoms with van der Waals surface area (Å²) < 4.78 is 52.1. The molecule has 2 aliphatic heterocycles. The summed E-state index contributed by atoms with van der Waals surface area (Å²) in [6, 6.07) is 1.77. The van der Waals surface area contributed by atoms with E-state index in [1.165, 1.54) is 15.5 Å². The maximum absolute atomic E-state index is 12.4. The Labute approximate surface area is 243 Å². The zero-order chi connectivity index (χ0) is 31.3. The summed E-state index contributed by atoms with van der Waals surface area (Å²) in [6.07, 6.45) is -5.65. The zero-order valence-corrected chi connectivity index (χ0v) is 24.4. The molecule has 3 aromatic rings. The van der Waals surface area contributed by atoms with Crippen molar-refractivity contribution >= 4 is 32.6 Å². The van der Waals surface area contributed by atoms with E-state index in [0.717, 1.165) is 17.5 Å². The van der Waals surface area contributed by atoms with Gasteiger partial charge in [0.2, 0.25) is 0 Å². The molecule has 0 aromatic carbocycles. The number of hydrogen-bond acceptors (Lipinski definition) is 16. The van der Waals surface area contributed by atoms with Gasteiger partial charge in [0.1, 0.15) is 42.4 Å². The number of aliphatic hydroxyl groups excluding tert-OH is 4.